The van der Waals surface area contributed by atoms with Crippen LogP contribution in [0.2, 0.25) is 0 Å². The smallest absolute Gasteiger partial charge is 0.0581 e. The lowest BCUT2D eigenvalue weighted by Gasteiger charge is -2.37. The fourth-order valence-electron chi connectivity index (χ4n) is 7.94. The number of fused-ring (bicyclic) bond motifs is 4. The summed E-state index contributed by atoms with van der Waals surface area (Å²) in [4.78, 5) is 2.56. The first-order valence-corrected chi connectivity index (χ1v) is 15.7. The summed E-state index contributed by atoms with van der Waals surface area (Å²) in [6.45, 7) is 9.24. The van der Waals surface area contributed by atoms with Crippen LogP contribution in [0, 0.1) is 13.8 Å². The molecular weight excluding hydrogens is 520 g/mol. The van der Waals surface area contributed by atoms with Crippen LogP contribution in [0.25, 0.3) is 33.1 Å². The topological polar surface area (TPSA) is 8.17 Å². The molecule has 0 radical (unpaired) electrons. The maximum Gasteiger partial charge on any atom is 0.0581 e. The molecule has 1 aliphatic heterocycles. The first kappa shape index (κ1) is 26.1. The predicted octanol–water partition coefficient (Wildman–Crippen LogP) is 10.8. The molecule has 1 atom stereocenters. The van der Waals surface area contributed by atoms with Gasteiger partial charge in [0.2, 0.25) is 0 Å². The van der Waals surface area contributed by atoms with Gasteiger partial charge in [0.05, 0.1) is 17.1 Å². The Morgan fingerprint density at radius 1 is 0.814 bits per heavy atom. The van der Waals surface area contributed by atoms with E-state index in [9.17, 15) is 0 Å². The molecule has 0 saturated heterocycles. The van der Waals surface area contributed by atoms with Gasteiger partial charge < -0.3 is 9.47 Å². The van der Waals surface area contributed by atoms with Crippen molar-refractivity contribution in [3.05, 3.63) is 143 Å². The highest BCUT2D eigenvalue weighted by atomic mass is 15.2. The highest BCUT2D eigenvalue weighted by Gasteiger charge is 2.37. The number of anilines is 2. The van der Waals surface area contributed by atoms with Gasteiger partial charge in [-0.25, -0.2) is 0 Å². The van der Waals surface area contributed by atoms with Crippen LogP contribution in [0.1, 0.15) is 55.4 Å². The van der Waals surface area contributed by atoms with E-state index in [2.05, 4.69) is 152 Å². The van der Waals surface area contributed by atoms with Crippen LogP contribution in [-0.2, 0) is 5.41 Å². The Hall–Kier alpha value is -4.56. The summed E-state index contributed by atoms with van der Waals surface area (Å²) < 4.78 is 2.55. The average Bonchev–Trinajstić information content (AvgIpc) is 3.35. The Morgan fingerprint density at radius 2 is 1.63 bits per heavy atom. The standard InChI is InChI=1S/C41H38N2/c1-27-22-28(2)24-33(23-27)42(31-15-10-14-30(25-31)29-12-6-5-7-13-29)32-20-21-38-35(26-32)34-16-11-18-37-40(34)43(38)39-19-9-8-17-36(39)41(37,3)4/h5-7,9-16,18-24,26,31H,8,17,25H2,1-4H3. The number of allylic oxidation sites excluding steroid dienone is 6. The van der Waals surface area contributed by atoms with E-state index < -0.39 is 0 Å². The molecule has 2 aliphatic carbocycles. The summed E-state index contributed by atoms with van der Waals surface area (Å²) in [5.74, 6) is 0. The first-order valence-electron chi connectivity index (χ1n) is 15.7. The van der Waals surface area contributed by atoms with Crippen molar-refractivity contribution in [2.45, 2.75) is 58.4 Å². The quantitative estimate of drug-likeness (QED) is 0.213. The number of hydrogen-bond acceptors (Lipinski definition) is 1. The molecule has 1 unspecified atom stereocenters. The van der Waals surface area contributed by atoms with Crippen LogP contribution in [0.5, 0.6) is 0 Å². The minimum atomic E-state index is 0.0189. The molecule has 2 nitrogen and oxygen atoms in total. The lowest BCUT2D eigenvalue weighted by molar-refractivity contribution is 0.585. The van der Waals surface area contributed by atoms with Crippen molar-refractivity contribution in [3.63, 3.8) is 0 Å². The first-order chi connectivity index (χ1) is 20.9. The summed E-state index contributed by atoms with van der Waals surface area (Å²) in [5, 5.41) is 2.67. The van der Waals surface area contributed by atoms with Gasteiger partial charge in [-0.05, 0) is 103 Å². The lowest BCUT2D eigenvalue weighted by Crippen LogP contribution is -2.31. The summed E-state index contributed by atoms with van der Waals surface area (Å²) in [5.41, 5.74) is 14.8. The van der Waals surface area contributed by atoms with Crippen molar-refractivity contribution in [2.75, 3.05) is 4.90 Å². The van der Waals surface area contributed by atoms with Crippen LogP contribution in [0.15, 0.2) is 121 Å². The van der Waals surface area contributed by atoms with Crippen molar-refractivity contribution in [3.8, 4) is 0 Å². The van der Waals surface area contributed by atoms with Gasteiger partial charge in [0.15, 0.2) is 0 Å². The molecule has 212 valence electrons. The van der Waals surface area contributed by atoms with Gasteiger partial charge in [-0.3, -0.25) is 0 Å². The largest absolute Gasteiger partial charge is 0.334 e. The van der Waals surface area contributed by atoms with Crippen LogP contribution in [-0.4, -0.2) is 10.6 Å². The molecule has 0 bridgehead atoms. The minimum Gasteiger partial charge on any atom is -0.334 e. The van der Waals surface area contributed by atoms with Crippen molar-refractivity contribution < 1.29 is 0 Å². The van der Waals surface area contributed by atoms with Crippen molar-refractivity contribution >= 4 is 44.5 Å². The highest BCUT2D eigenvalue weighted by Crippen LogP contribution is 2.50. The number of aromatic nitrogens is 1. The Balaban J connectivity index is 1.33. The molecule has 0 fully saturated rings. The highest BCUT2D eigenvalue weighted by molar-refractivity contribution is 6.14. The second-order valence-corrected chi connectivity index (χ2v) is 13.1. The number of para-hydroxylation sites is 1. The number of rotatable bonds is 4. The Kier molecular flexibility index (Phi) is 5.91. The molecule has 4 aromatic carbocycles. The zero-order valence-corrected chi connectivity index (χ0v) is 25.6. The van der Waals surface area contributed by atoms with Crippen LogP contribution in [0.3, 0.4) is 0 Å². The second kappa shape index (κ2) is 9.74. The molecule has 3 aliphatic rings. The SMILES string of the molecule is Cc1cc(C)cc(N(c2ccc3c(c2)c2cccc4c2n3C2=C(CCC=C2)C4(C)C)C2C=CC=C(c3ccccc3)C2)c1. The van der Waals surface area contributed by atoms with Gasteiger partial charge in [0.25, 0.3) is 0 Å². The van der Waals surface area contributed by atoms with Crippen molar-refractivity contribution in [1.82, 2.24) is 4.57 Å². The van der Waals surface area contributed by atoms with Crippen molar-refractivity contribution in [1.29, 1.82) is 0 Å². The number of hydrogen-bond donors (Lipinski definition) is 0. The van der Waals surface area contributed by atoms with Crippen LogP contribution in [0.4, 0.5) is 11.4 Å². The minimum absolute atomic E-state index is 0.0189. The molecular formula is C41H38N2. The van der Waals surface area contributed by atoms with Crippen molar-refractivity contribution in [2.24, 2.45) is 0 Å². The molecule has 5 aromatic rings. The molecule has 2 heteroatoms. The molecule has 8 rings (SSSR count). The van der Waals surface area contributed by atoms with Gasteiger partial charge in [0, 0.05) is 33.3 Å². The molecule has 2 heterocycles. The van der Waals surface area contributed by atoms with Gasteiger partial charge >= 0.3 is 0 Å². The number of benzene rings is 4. The van der Waals surface area contributed by atoms with E-state index in [4.69, 9.17) is 0 Å². The third kappa shape index (κ3) is 4.07. The van der Waals surface area contributed by atoms with Gasteiger partial charge in [-0.2, -0.15) is 0 Å². The van der Waals surface area contributed by atoms with Crippen LogP contribution < -0.4 is 4.90 Å². The Morgan fingerprint density at radius 3 is 2.44 bits per heavy atom. The predicted molar refractivity (Wildman–Crippen MR) is 184 cm³/mol. The molecule has 0 spiro atoms. The number of nitrogens with zero attached hydrogens (tertiary/aromatic N) is 2. The van der Waals surface area contributed by atoms with Gasteiger partial charge in [-0.15, -0.1) is 0 Å². The summed E-state index contributed by atoms with van der Waals surface area (Å²) in [7, 11) is 0. The van der Waals surface area contributed by atoms with E-state index in [0.29, 0.717) is 0 Å². The third-order valence-corrected chi connectivity index (χ3v) is 9.88. The summed E-state index contributed by atoms with van der Waals surface area (Å²) >= 11 is 0. The van der Waals surface area contributed by atoms with Gasteiger partial charge in [0.1, 0.15) is 0 Å². The molecule has 43 heavy (non-hydrogen) atoms. The Labute approximate surface area is 255 Å². The maximum atomic E-state index is 2.56. The van der Waals surface area contributed by atoms with E-state index in [1.54, 1.807) is 5.57 Å². The zero-order chi connectivity index (χ0) is 29.3. The normalized spacial score (nSPS) is 18.7. The van der Waals surface area contributed by atoms with E-state index in [1.165, 1.54) is 66.7 Å². The third-order valence-electron chi connectivity index (χ3n) is 9.88. The molecule has 0 N–H and O–H groups in total. The average molecular weight is 559 g/mol. The Bertz CT molecular complexity index is 2020. The van der Waals surface area contributed by atoms with E-state index in [-0.39, 0.29) is 11.5 Å². The molecule has 1 aromatic heterocycles. The zero-order valence-electron chi connectivity index (χ0n) is 25.6. The fraction of sp³-hybridized carbons (Fsp3) is 0.220. The number of aryl methyl sites for hydroxylation is 2. The fourth-order valence-corrected chi connectivity index (χ4v) is 7.94. The maximum absolute atomic E-state index is 2.56. The van der Waals surface area contributed by atoms with E-state index in [1.807, 2.05) is 0 Å². The molecule has 0 amide bonds. The monoisotopic (exact) mass is 558 g/mol. The van der Waals surface area contributed by atoms with Crippen LogP contribution >= 0.6 is 0 Å². The lowest BCUT2D eigenvalue weighted by atomic mass is 9.71. The summed E-state index contributed by atoms with van der Waals surface area (Å²) in [6.07, 6.45) is 14.8. The van der Waals surface area contributed by atoms with Gasteiger partial charge in [-0.1, -0.05) is 92.7 Å². The summed E-state index contributed by atoms with van der Waals surface area (Å²) in [6, 6.07) is 32.1. The second-order valence-electron chi connectivity index (χ2n) is 13.1. The van der Waals surface area contributed by atoms with E-state index in [0.717, 1.165) is 19.3 Å². The van der Waals surface area contributed by atoms with E-state index >= 15 is 0 Å². The molecule has 0 saturated carbocycles.